The fourth-order valence-corrected chi connectivity index (χ4v) is 2.56. The van der Waals surface area contributed by atoms with Crippen molar-refractivity contribution in [1.82, 2.24) is 10.6 Å². The number of aryl methyl sites for hydroxylation is 2. The second-order valence-corrected chi connectivity index (χ2v) is 5.50. The highest BCUT2D eigenvalue weighted by atomic mass is 16.5. The molecule has 6 heteroatoms. The number of carbonyl (C=O) groups is 3. The maximum Gasteiger partial charge on any atom is 0.338 e. The van der Waals surface area contributed by atoms with Crippen molar-refractivity contribution in [3.63, 3.8) is 0 Å². The summed E-state index contributed by atoms with van der Waals surface area (Å²) >= 11 is 0. The highest BCUT2D eigenvalue weighted by Crippen LogP contribution is 2.22. The molecule has 2 rings (SSSR count). The van der Waals surface area contributed by atoms with Gasteiger partial charge in [0.05, 0.1) is 12.1 Å². The van der Waals surface area contributed by atoms with E-state index in [4.69, 9.17) is 4.74 Å². The van der Waals surface area contributed by atoms with E-state index < -0.39 is 18.5 Å². The standard InChI is InChI=1S/C17H22N2O4/c1-2-18-15(20)10-19-16(21)11-23-17(22)14-8-7-12-5-3-4-6-13(12)9-14/h7-9H,2-6,10-11H2,1H3,(H,18,20)(H,19,21). The van der Waals surface area contributed by atoms with E-state index in [0.717, 1.165) is 19.3 Å². The number of hydrogen-bond acceptors (Lipinski definition) is 4. The summed E-state index contributed by atoms with van der Waals surface area (Å²) in [7, 11) is 0. The summed E-state index contributed by atoms with van der Waals surface area (Å²) < 4.78 is 4.99. The summed E-state index contributed by atoms with van der Waals surface area (Å²) in [6, 6.07) is 5.54. The van der Waals surface area contributed by atoms with E-state index in [2.05, 4.69) is 10.6 Å². The van der Waals surface area contributed by atoms with Crippen molar-refractivity contribution in [2.75, 3.05) is 19.7 Å². The average Bonchev–Trinajstić information content (AvgIpc) is 2.57. The van der Waals surface area contributed by atoms with Gasteiger partial charge in [0.25, 0.3) is 5.91 Å². The van der Waals surface area contributed by atoms with E-state index >= 15 is 0 Å². The lowest BCUT2D eigenvalue weighted by Gasteiger charge is -2.16. The zero-order chi connectivity index (χ0) is 16.7. The lowest BCUT2D eigenvalue weighted by atomic mass is 9.90. The van der Waals surface area contributed by atoms with Gasteiger partial charge in [0.15, 0.2) is 6.61 Å². The van der Waals surface area contributed by atoms with Crippen molar-refractivity contribution in [2.24, 2.45) is 0 Å². The van der Waals surface area contributed by atoms with E-state index in [9.17, 15) is 14.4 Å². The molecule has 1 aromatic carbocycles. The molecule has 0 spiro atoms. The Bertz CT molecular complexity index is 598. The number of rotatable bonds is 6. The predicted octanol–water partition coefficient (Wildman–Crippen LogP) is 0.974. The van der Waals surface area contributed by atoms with Gasteiger partial charge in [-0.15, -0.1) is 0 Å². The topological polar surface area (TPSA) is 84.5 Å². The molecule has 1 aliphatic rings. The number of benzene rings is 1. The lowest BCUT2D eigenvalue weighted by Crippen LogP contribution is -2.38. The predicted molar refractivity (Wildman–Crippen MR) is 85.1 cm³/mol. The van der Waals surface area contributed by atoms with Crippen molar-refractivity contribution in [3.05, 3.63) is 34.9 Å². The van der Waals surface area contributed by atoms with Crippen LogP contribution in [0.3, 0.4) is 0 Å². The Kier molecular flexibility index (Phi) is 6.14. The Balaban J connectivity index is 1.80. The van der Waals surface area contributed by atoms with Crippen LogP contribution in [0.15, 0.2) is 18.2 Å². The van der Waals surface area contributed by atoms with Gasteiger partial charge in [-0.3, -0.25) is 9.59 Å². The fraction of sp³-hybridized carbons (Fsp3) is 0.471. The zero-order valence-corrected chi connectivity index (χ0v) is 13.3. The van der Waals surface area contributed by atoms with Crippen LogP contribution in [0, 0.1) is 0 Å². The van der Waals surface area contributed by atoms with Gasteiger partial charge in [-0.1, -0.05) is 6.07 Å². The van der Waals surface area contributed by atoms with Crippen molar-refractivity contribution in [1.29, 1.82) is 0 Å². The first-order valence-corrected chi connectivity index (χ1v) is 7.92. The Morgan fingerprint density at radius 1 is 1.04 bits per heavy atom. The molecule has 0 fully saturated rings. The minimum Gasteiger partial charge on any atom is -0.452 e. The fourth-order valence-electron chi connectivity index (χ4n) is 2.56. The molecule has 0 aliphatic heterocycles. The van der Waals surface area contributed by atoms with Gasteiger partial charge in [-0.05, 0) is 55.9 Å². The second kappa shape index (κ2) is 8.31. The number of nitrogens with one attached hydrogen (secondary N) is 2. The number of esters is 1. The number of amides is 2. The van der Waals surface area contributed by atoms with Crippen LogP contribution in [0.25, 0.3) is 0 Å². The quantitative estimate of drug-likeness (QED) is 0.766. The third-order valence-electron chi connectivity index (χ3n) is 3.74. The highest BCUT2D eigenvalue weighted by Gasteiger charge is 2.15. The van der Waals surface area contributed by atoms with Gasteiger partial charge in [0.2, 0.25) is 5.91 Å². The number of carbonyl (C=O) groups excluding carboxylic acids is 3. The van der Waals surface area contributed by atoms with Gasteiger partial charge in [-0.2, -0.15) is 0 Å². The molecule has 6 nitrogen and oxygen atoms in total. The maximum absolute atomic E-state index is 12.0. The lowest BCUT2D eigenvalue weighted by molar-refractivity contribution is -0.127. The molecule has 0 saturated heterocycles. The summed E-state index contributed by atoms with van der Waals surface area (Å²) in [4.78, 5) is 34.8. The Hall–Kier alpha value is -2.37. The van der Waals surface area contributed by atoms with Crippen LogP contribution < -0.4 is 10.6 Å². The van der Waals surface area contributed by atoms with Crippen molar-refractivity contribution in [3.8, 4) is 0 Å². The molecule has 0 bridgehead atoms. The van der Waals surface area contributed by atoms with Crippen molar-refractivity contribution in [2.45, 2.75) is 32.6 Å². The zero-order valence-electron chi connectivity index (χ0n) is 13.3. The molecule has 0 unspecified atom stereocenters. The van der Waals surface area contributed by atoms with E-state index in [1.54, 1.807) is 13.0 Å². The average molecular weight is 318 g/mol. The van der Waals surface area contributed by atoms with Gasteiger partial charge in [0.1, 0.15) is 0 Å². The van der Waals surface area contributed by atoms with Crippen LogP contribution in [0.5, 0.6) is 0 Å². The minimum atomic E-state index is -0.522. The van der Waals surface area contributed by atoms with E-state index in [1.807, 2.05) is 12.1 Å². The number of hydrogen-bond donors (Lipinski definition) is 2. The summed E-state index contributed by atoms with van der Waals surface area (Å²) in [5.74, 6) is -1.30. The molecule has 0 heterocycles. The van der Waals surface area contributed by atoms with Crippen LogP contribution in [-0.2, 0) is 27.2 Å². The maximum atomic E-state index is 12.0. The largest absolute Gasteiger partial charge is 0.452 e. The van der Waals surface area contributed by atoms with Crippen LogP contribution >= 0.6 is 0 Å². The van der Waals surface area contributed by atoms with Gasteiger partial charge < -0.3 is 15.4 Å². The number of ether oxygens (including phenoxy) is 1. The Morgan fingerprint density at radius 2 is 1.78 bits per heavy atom. The van der Waals surface area contributed by atoms with Crippen molar-refractivity contribution >= 4 is 17.8 Å². The summed E-state index contributed by atoms with van der Waals surface area (Å²) in [5, 5.41) is 4.95. The first kappa shape index (κ1) is 17.0. The monoisotopic (exact) mass is 318 g/mol. The van der Waals surface area contributed by atoms with Gasteiger partial charge in [0, 0.05) is 6.54 Å². The van der Waals surface area contributed by atoms with Crippen LogP contribution in [0.1, 0.15) is 41.3 Å². The SMILES string of the molecule is CCNC(=O)CNC(=O)COC(=O)c1ccc2c(c1)CCCC2. The highest BCUT2D eigenvalue weighted by molar-refractivity contribution is 5.92. The molecule has 124 valence electrons. The Morgan fingerprint density at radius 3 is 2.52 bits per heavy atom. The second-order valence-electron chi connectivity index (χ2n) is 5.50. The summed E-state index contributed by atoms with van der Waals surface area (Å²) in [6.07, 6.45) is 4.34. The van der Waals surface area contributed by atoms with Crippen molar-refractivity contribution < 1.29 is 19.1 Å². The van der Waals surface area contributed by atoms with E-state index in [1.165, 1.54) is 17.5 Å². The molecular weight excluding hydrogens is 296 g/mol. The summed E-state index contributed by atoms with van der Waals surface area (Å²) in [6.45, 7) is 1.78. The van der Waals surface area contributed by atoms with Crippen LogP contribution in [0.4, 0.5) is 0 Å². The van der Waals surface area contributed by atoms with Crippen LogP contribution in [0.2, 0.25) is 0 Å². The minimum absolute atomic E-state index is 0.122. The molecule has 1 aliphatic carbocycles. The molecule has 23 heavy (non-hydrogen) atoms. The molecule has 2 amide bonds. The van der Waals surface area contributed by atoms with E-state index in [0.29, 0.717) is 12.1 Å². The molecule has 2 N–H and O–H groups in total. The first-order valence-electron chi connectivity index (χ1n) is 7.92. The third-order valence-corrected chi connectivity index (χ3v) is 3.74. The third kappa shape index (κ3) is 5.09. The van der Waals surface area contributed by atoms with Gasteiger partial charge >= 0.3 is 5.97 Å². The summed E-state index contributed by atoms with van der Waals surface area (Å²) in [5.41, 5.74) is 2.93. The molecule has 1 aromatic rings. The Labute approximate surface area is 135 Å². The molecular formula is C17H22N2O4. The number of likely N-dealkylation sites (N-methyl/N-ethyl adjacent to an activating group) is 1. The molecule has 0 aromatic heterocycles. The van der Waals surface area contributed by atoms with E-state index in [-0.39, 0.29) is 12.5 Å². The molecule has 0 atom stereocenters. The normalized spacial score (nSPS) is 12.9. The number of fused-ring (bicyclic) bond motifs is 1. The smallest absolute Gasteiger partial charge is 0.338 e. The molecule has 0 saturated carbocycles. The first-order chi connectivity index (χ1) is 11.1. The van der Waals surface area contributed by atoms with Crippen LogP contribution in [-0.4, -0.2) is 37.5 Å². The van der Waals surface area contributed by atoms with Gasteiger partial charge in [-0.25, -0.2) is 4.79 Å². The molecule has 0 radical (unpaired) electrons.